The van der Waals surface area contributed by atoms with Crippen molar-refractivity contribution in [1.29, 1.82) is 0 Å². The van der Waals surface area contributed by atoms with Gasteiger partial charge < -0.3 is 5.32 Å². The number of hydrogen-bond acceptors (Lipinski definition) is 1. The van der Waals surface area contributed by atoms with Gasteiger partial charge in [0, 0.05) is 17.5 Å². The molecule has 2 nitrogen and oxygen atoms in total. The van der Waals surface area contributed by atoms with E-state index >= 15 is 0 Å². The summed E-state index contributed by atoms with van der Waals surface area (Å²) in [5, 5.41) is 4.26. The Kier molecular flexibility index (Phi) is 5.45. The molecule has 1 unspecified atom stereocenters. The normalized spacial score (nSPS) is 42.8. The number of fused-ring (bicyclic) bond motifs is 5. The number of carbonyl (C=O) groups excluding carboxylic acids is 1. The smallest absolute Gasteiger partial charge is 0.220 e. The second-order valence-electron chi connectivity index (χ2n) is 11.4. The fraction of sp³-hybridized carbons (Fsp3) is 0.741. The van der Waals surface area contributed by atoms with Gasteiger partial charge in [0.05, 0.1) is 0 Å². The van der Waals surface area contributed by atoms with E-state index < -0.39 is 0 Å². The molecule has 0 spiro atoms. The highest BCUT2D eigenvalue weighted by Gasteiger charge is 2.60. The number of hydrogen-bond donors (Lipinski definition) is 1. The van der Waals surface area contributed by atoms with Gasteiger partial charge in [0.1, 0.15) is 0 Å². The molecular formula is C27H38ClNO. The molecule has 1 heterocycles. The molecule has 1 aromatic carbocycles. The summed E-state index contributed by atoms with van der Waals surface area (Å²) in [7, 11) is 0. The molecule has 1 aliphatic heterocycles. The lowest BCUT2D eigenvalue weighted by molar-refractivity contribution is -0.147. The van der Waals surface area contributed by atoms with Crippen molar-refractivity contribution in [2.75, 3.05) is 0 Å². The lowest BCUT2D eigenvalue weighted by Gasteiger charge is -2.62. The van der Waals surface area contributed by atoms with Crippen LogP contribution >= 0.6 is 11.6 Å². The number of nitrogens with one attached hydrogen (secondary N) is 1. The summed E-state index contributed by atoms with van der Waals surface area (Å²) in [4.78, 5) is 12.6. The third-order valence-corrected chi connectivity index (χ3v) is 10.4. The molecule has 1 N–H and O–H groups in total. The van der Waals surface area contributed by atoms with Crippen LogP contribution in [0, 0.1) is 34.5 Å². The Hall–Kier alpha value is -1.02. The Labute approximate surface area is 187 Å². The van der Waals surface area contributed by atoms with E-state index in [-0.39, 0.29) is 5.41 Å². The van der Waals surface area contributed by atoms with Crippen LogP contribution in [0.25, 0.3) is 0 Å². The Morgan fingerprint density at radius 3 is 2.63 bits per heavy atom. The standard InChI is InChI=1S/C27H38ClNO/c1-26-15-4-7-22(26)21-12-13-24-27(2,23(21)14-16-26)19(17-25(30)29-24)6-3-5-18-8-10-20(28)11-9-18/h8-11,19,21-24H,3-7,12-17H2,1-2H3,(H,29,30)/t19?,21-,22-,23-,24+,26-,27+/m0/s1. The van der Waals surface area contributed by atoms with Crippen molar-refractivity contribution in [2.45, 2.75) is 90.5 Å². The molecule has 0 aromatic heterocycles. The molecule has 0 radical (unpaired) electrons. The van der Waals surface area contributed by atoms with E-state index in [9.17, 15) is 4.79 Å². The van der Waals surface area contributed by atoms with E-state index in [1.165, 1.54) is 63.4 Å². The van der Waals surface area contributed by atoms with Crippen LogP contribution in [-0.4, -0.2) is 11.9 Å². The molecular weight excluding hydrogens is 390 g/mol. The second kappa shape index (κ2) is 7.84. The van der Waals surface area contributed by atoms with Crippen molar-refractivity contribution in [2.24, 2.45) is 34.5 Å². The van der Waals surface area contributed by atoms with Crippen LogP contribution in [0.2, 0.25) is 5.02 Å². The van der Waals surface area contributed by atoms with Gasteiger partial charge in [0.25, 0.3) is 0 Å². The van der Waals surface area contributed by atoms with E-state index in [0.717, 1.165) is 35.6 Å². The van der Waals surface area contributed by atoms with Crippen LogP contribution < -0.4 is 5.32 Å². The van der Waals surface area contributed by atoms with Crippen molar-refractivity contribution in [1.82, 2.24) is 5.32 Å². The summed E-state index contributed by atoms with van der Waals surface area (Å²) in [6.07, 6.45) is 13.8. The highest BCUT2D eigenvalue weighted by atomic mass is 35.5. The Balaban J connectivity index is 1.34. The summed E-state index contributed by atoms with van der Waals surface area (Å²) in [5.74, 6) is 3.45. The fourth-order valence-electron chi connectivity index (χ4n) is 8.51. The summed E-state index contributed by atoms with van der Waals surface area (Å²) in [6.45, 7) is 5.15. The minimum Gasteiger partial charge on any atom is -0.353 e. The molecule has 4 fully saturated rings. The van der Waals surface area contributed by atoms with Crippen LogP contribution in [0.4, 0.5) is 0 Å². The van der Waals surface area contributed by atoms with Crippen LogP contribution in [0.5, 0.6) is 0 Å². The maximum atomic E-state index is 12.6. The predicted octanol–water partition coefficient (Wildman–Crippen LogP) is 6.80. The molecule has 3 heteroatoms. The van der Waals surface area contributed by atoms with Gasteiger partial charge in [-0.05, 0) is 110 Å². The van der Waals surface area contributed by atoms with Crippen molar-refractivity contribution in [3.05, 3.63) is 34.9 Å². The minimum atomic E-state index is 0.279. The number of benzene rings is 1. The van der Waals surface area contributed by atoms with Gasteiger partial charge in [-0.3, -0.25) is 4.79 Å². The van der Waals surface area contributed by atoms with Gasteiger partial charge in [-0.15, -0.1) is 0 Å². The summed E-state index contributed by atoms with van der Waals surface area (Å²) < 4.78 is 0. The predicted molar refractivity (Wildman–Crippen MR) is 123 cm³/mol. The summed E-state index contributed by atoms with van der Waals surface area (Å²) >= 11 is 6.05. The number of piperidine rings is 1. The highest BCUT2D eigenvalue weighted by Crippen LogP contribution is 2.65. The molecule has 3 aliphatic carbocycles. The molecule has 3 saturated carbocycles. The molecule has 30 heavy (non-hydrogen) atoms. The first-order chi connectivity index (χ1) is 14.4. The molecule has 7 atom stereocenters. The second-order valence-corrected chi connectivity index (χ2v) is 11.9. The first kappa shape index (κ1) is 20.9. The van der Waals surface area contributed by atoms with Crippen molar-refractivity contribution >= 4 is 17.5 Å². The first-order valence-electron chi connectivity index (χ1n) is 12.4. The Morgan fingerprint density at radius 1 is 1.03 bits per heavy atom. The van der Waals surface area contributed by atoms with E-state index in [2.05, 4.69) is 31.3 Å². The monoisotopic (exact) mass is 427 g/mol. The lowest BCUT2D eigenvalue weighted by Crippen LogP contribution is -2.64. The van der Waals surface area contributed by atoms with Crippen LogP contribution in [0.1, 0.15) is 83.6 Å². The van der Waals surface area contributed by atoms with Crippen LogP contribution in [0.3, 0.4) is 0 Å². The quantitative estimate of drug-likeness (QED) is 0.562. The molecule has 0 bridgehead atoms. The Bertz CT molecular complexity index is 791. The van der Waals surface area contributed by atoms with Gasteiger partial charge in [-0.2, -0.15) is 0 Å². The van der Waals surface area contributed by atoms with E-state index in [1.807, 2.05) is 12.1 Å². The van der Waals surface area contributed by atoms with Gasteiger partial charge in [0.15, 0.2) is 0 Å². The zero-order chi connectivity index (χ0) is 20.9. The fourth-order valence-corrected chi connectivity index (χ4v) is 8.64. The number of rotatable bonds is 4. The summed E-state index contributed by atoms with van der Waals surface area (Å²) in [6, 6.07) is 8.69. The molecule has 1 amide bonds. The zero-order valence-electron chi connectivity index (χ0n) is 18.8. The molecule has 1 saturated heterocycles. The van der Waals surface area contributed by atoms with Crippen molar-refractivity contribution in [3.8, 4) is 0 Å². The van der Waals surface area contributed by atoms with Crippen LogP contribution in [0.15, 0.2) is 24.3 Å². The van der Waals surface area contributed by atoms with E-state index in [1.54, 1.807) is 0 Å². The zero-order valence-corrected chi connectivity index (χ0v) is 19.5. The highest BCUT2D eigenvalue weighted by molar-refractivity contribution is 6.30. The average molecular weight is 428 g/mol. The van der Waals surface area contributed by atoms with Crippen molar-refractivity contribution < 1.29 is 4.79 Å². The van der Waals surface area contributed by atoms with Gasteiger partial charge in [-0.1, -0.05) is 44.0 Å². The third kappa shape index (κ3) is 3.42. The molecule has 5 rings (SSSR count). The minimum absolute atomic E-state index is 0.279. The number of aryl methyl sites for hydroxylation is 1. The number of amides is 1. The maximum Gasteiger partial charge on any atom is 0.220 e. The Morgan fingerprint density at radius 2 is 1.83 bits per heavy atom. The van der Waals surface area contributed by atoms with Gasteiger partial charge in [0.2, 0.25) is 5.91 Å². The first-order valence-corrected chi connectivity index (χ1v) is 12.8. The lowest BCUT2D eigenvalue weighted by atomic mass is 9.45. The van der Waals surface area contributed by atoms with E-state index in [4.69, 9.17) is 11.6 Å². The average Bonchev–Trinajstić information content (AvgIpc) is 3.12. The maximum absolute atomic E-state index is 12.6. The topological polar surface area (TPSA) is 29.1 Å². The summed E-state index contributed by atoms with van der Waals surface area (Å²) in [5.41, 5.74) is 2.25. The SMILES string of the molecule is C[C@@]12CCC[C@H]1[C@@H]1CC[C@H]3NC(=O)CC(CCCc4ccc(Cl)cc4)[C@]3(C)[C@H]1CC2. The molecule has 4 aliphatic rings. The van der Waals surface area contributed by atoms with Gasteiger partial charge >= 0.3 is 0 Å². The molecule has 164 valence electrons. The van der Waals surface area contributed by atoms with Crippen LogP contribution in [-0.2, 0) is 11.2 Å². The van der Waals surface area contributed by atoms with Crippen molar-refractivity contribution in [3.63, 3.8) is 0 Å². The largest absolute Gasteiger partial charge is 0.353 e. The number of carbonyl (C=O) groups is 1. The molecule has 1 aromatic rings. The third-order valence-electron chi connectivity index (χ3n) is 10.1. The van der Waals surface area contributed by atoms with E-state index in [0.29, 0.717) is 23.3 Å². The van der Waals surface area contributed by atoms with Gasteiger partial charge in [-0.25, -0.2) is 0 Å². The number of halogens is 1.